The van der Waals surface area contributed by atoms with Crippen molar-refractivity contribution in [1.29, 1.82) is 0 Å². The molecule has 1 saturated heterocycles. The molecule has 3 rings (SSSR count). The number of hydrogen-bond donors (Lipinski definition) is 2. The molecule has 0 spiro atoms. The van der Waals surface area contributed by atoms with Crippen molar-refractivity contribution in [3.8, 4) is 0 Å². The lowest BCUT2D eigenvalue weighted by molar-refractivity contribution is -0.172. The Morgan fingerprint density at radius 2 is 1.94 bits per heavy atom. The van der Waals surface area contributed by atoms with Crippen LogP contribution in [0.5, 0.6) is 0 Å². The number of fused-ring (bicyclic) bond motifs is 3. The number of ether oxygens (including phenoxy) is 2. The Morgan fingerprint density at radius 1 is 1.23 bits per heavy atom. The first-order chi connectivity index (χ1) is 14.6. The molecule has 0 bridgehead atoms. The fourth-order valence-corrected chi connectivity index (χ4v) is 5.93. The molecule has 9 nitrogen and oxygen atoms in total. The highest BCUT2D eigenvalue weighted by atomic mass is 16.6. The van der Waals surface area contributed by atoms with Gasteiger partial charge in [0.05, 0.1) is 19.6 Å². The summed E-state index contributed by atoms with van der Waals surface area (Å²) in [6.07, 6.45) is 1.92. The predicted octanol–water partition coefficient (Wildman–Crippen LogP) is 0.703. The SMILES string of the molecule is COC(=O)[C@H](CO)NC(=O)CC[C@@]1(C)OC(=O)CC[C@@H]2[C@@H]1C(=O)C[C@]1(C)C(=O)CC[C@@H]21. The van der Waals surface area contributed by atoms with Crippen LogP contribution in [0.15, 0.2) is 0 Å². The number of carbonyl (C=O) groups excluding carboxylic acids is 5. The monoisotopic (exact) mass is 437 g/mol. The summed E-state index contributed by atoms with van der Waals surface area (Å²) in [6, 6.07) is -1.18. The van der Waals surface area contributed by atoms with E-state index >= 15 is 0 Å². The van der Waals surface area contributed by atoms with Crippen LogP contribution < -0.4 is 5.32 Å². The maximum Gasteiger partial charge on any atom is 0.330 e. The number of cyclic esters (lactones) is 1. The van der Waals surface area contributed by atoms with Crippen molar-refractivity contribution >= 4 is 29.4 Å². The van der Waals surface area contributed by atoms with Gasteiger partial charge in [-0.15, -0.1) is 0 Å². The molecule has 31 heavy (non-hydrogen) atoms. The quantitative estimate of drug-likeness (QED) is 0.580. The summed E-state index contributed by atoms with van der Waals surface area (Å²) >= 11 is 0. The van der Waals surface area contributed by atoms with E-state index in [1.807, 2.05) is 6.92 Å². The van der Waals surface area contributed by atoms with Gasteiger partial charge in [0.15, 0.2) is 6.04 Å². The largest absolute Gasteiger partial charge is 0.467 e. The number of ketones is 2. The number of rotatable bonds is 6. The van der Waals surface area contributed by atoms with Crippen molar-refractivity contribution in [3.63, 3.8) is 0 Å². The van der Waals surface area contributed by atoms with Crippen LogP contribution in [0.1, 0.15) is 58.8 Å². The molecule has 6 atom stereocenters. The Labute approximate surface area is 181 Å². The molecule has 1 heterocycles. The molecule has 2 saturated carbocycles. The Morgan fingerprint density at radius 3 is 2.58 bits per heavy atom. The number of carbonyl (C=O) groups is 5. The molecule has 1 aliphatic heterocycles. The molecule has 3 aliphatic rings. The van der Waals surface area contributed by atoms with Crippen molar-refractivity contribution in [2.24, 2.45) is 23.2 Å². The van der Waals surface area contributed by atoms with E-state index in [9.17, 15) is 29.1 Å². The normalized spacial score (nSPS) is 36.0. The van der Waals surface area contributed by atoms with Gasteiger partial charge in [0.1, 0.15) is 17.2 Å². The minimum Gasteiger partial charge on any atom is -0.467 e. The first kappa shape index (κ1) is 23.4. The van der Waals surface area contributed by atoms with Crippen molar-refractivity contribution in [2.75, 3.05) is 13.7 Å². The molecular weight excluding hydrogens is 406 g/mol. The lowest BCUT2D eigenvalue weighted by atomic mass is 9.55. The molecule has 172 valence electrons. The average molecular weight is 437 g/mol. The van der Waals surface area contributed by atoms with Gasteiger partial charge in [-0.25, -0.2) is 4.79 Å². The summed E-state index contributed by atoms with van der Waals surface area (Å²) in [4.78, 5) is 62.2. The zero-order valence-corrected chi connectivity index (χ0v) is 18.3. The van der Waals surface area contributed by atoms with Gasteiger partial charge < -0.3 is 19.9 Å². The summed E-state index contributed by atoms with van der Waals surface area (Å²) < 4.78 is 10.3. The van der Waals surface area contributed by atoms with Gasteiger partial charge >= 0.3 is 11.9 Å². The number of aliphatic hydroxyl groups excluding tert-OH is 1. The molecule has 2 N–H and O–H groups in total. The van der Waals surface area contributed by atoms with Crippen molar-refractivity contribution < 1.29 is 38.6 Å². The van der Waals surface area contributed by atoms with Gasteiger partial charge in [0.25, 0.3) is 0 Å². The number of esters is 2. The van der Waals surface area contributed by atoms with E-state index in [0.29, 0.717) is 19.3 Å². The fraction of sp³-hybridized carbons (Fsp3) is 0.773. The Bertz CT molecular complexity index is 794. The molecule has 3 fully saturated rings. The summed E-state index contributed by atoms with van der Waals surface area (Å²) in [5.41, 5.74) is -1.86. The molecule has 0 aromatic rings. The van der Waals surface area contributed by atoms with E-state index in [1.165, 1.54) is 0 Å². The molecule has 0 unspecified atom stereocenters. The Balaban J connectivity index is 1.79. The van der Waals surface area contributed by atoms with Gasteiger partial charge in [-0.2, -0.15) is 0 Å². The second kappa shape index (κ2) is 8.68. The van der Waals surface area contributed by atoms with E-state index in [-0.39, 0.29) is 49.1 Å². The summed E-state index contributed by atoms with van der Waals surface area (Å²) in [5, 5.41) is 11.7. The highest BCUT2D eigenvalue weighted by Crippen LogP contribution is 2.57. The molecule has 0 aromatic carbocycles. The van der Waals surface area contributed by atoms with Gasteiger partial charge in [-0.05, 0) is 38.0 Å². The van der Waals surface area contributed by atoms with Crippen LogP contribution >= 0.6 is 0 Å². The van der Waals surface area contributed by atoms with Crippen molar-refractivity contribution in [3.05, 3.63) is 0 Å². The third-order valence-electron chi connectivity index (χ3n) is 7.51. The minimum atomic E-state index is -1.18. The standard InChI is InChI=1S/C22H31NO8/c1-21-10-15(25)19-12(13(21)5-6-16(21)26)4-7-18(28)31-22(19,2)9-8-17(27)23-14(11-24)20(29)30-3/h12-14,19,24H,4-11H2,1-3H3,(H,23,27)/t12-,13-,14-,19+,21-,22+/m0/s1. The fourth-order valence-electron chi connectivity index (χ4n) is 5.93. The van der Waals surface area contributed by atoms with E-state index in [1.54, 1.807) is 6.92 Å². The van der Waals surface area contributed by atoms with E-state index in [4.69, 9.17) is 4.74 Å². The maximum atomic E-state index is 13.3. The van der Waals surface area contributed by atoms with Crippen molar-refractivity contribution in [1.82, 2.24) is 5.32 Å². The minimum absolute atomic E-state index is 0.0171. The number of nitrogens with one attached hydrogen (secondary N) is 1. The van der Waals surface area contributed by atoms with E-state index in [2.05, 4.69) is 10.1 Å². The highest BCUT2D eigenvalue weighted by Gasteiger charge is 2.61. The summed E-state index contributed by atoms with van der Waals surface area (Å²) in [6.45, 7) is 2.94. The summed E-state index contributed by atoms with van der Waals surface area (Å²) in [5.74, 6) is -2.41. The van der Waals surface area contributed by atoms with E-state index in [0.717, 1.165) is 7.11 Å². The zero-order chi connectivity index (χ0) is 23.0. The Hall–Kier alpha value is -2.29. The second-order valence-electron chi connectivity index (χ2n) is 9.42. The topological polar surface area (TPSA) is 136 Å². The number of methoxy groups -OCH3 is 1. The van der Waals surface area contributed by atoms with Crippen LogP contribution in [-0.4, -0.2) is 59.9 Å². The third-order valence-corrected chi connectivity index (χ3v) is 7.51. The first-order valence-corrected chi connectivity index (χ1v) is 10.8. The predicted molar refractivity (Wildman–Crippen MR) is 106 cm³/mol. The summed E-state index contributed by atoms with van der Waals surface area (Å²) in [7, 11) is 1.15. The van der Waals surface area contributed by atoms with Crippen LogP contribution in [0.25, 0.3) is 0 Å². The molecule has 2 aliphatic carbocycles. The molecule has 9 heteroatoms. The number of amides is 1. The first-order valence-electron chi connectivity index (χ1n) is 10.8. The second-order valence-corrected chi connectivity index (χ2v) is 9.42. The van der Waals surface area contributed by atoms with Gasteiger partial charge in [-0.1, -0.05) is 6.92 Å². The van der Waals surface area contributed by atoms with Gasteiger partial charge in [0, 0.05) is 31.1 Å². The lowest BCUT2D eigenvalue weighted by Crippen LogP contribution is -2.55. The van der Waals surface area contributed by atoms with E-state index < -0.39 is 47.4 Å². The van der Waals surface area contributed by atoms with Crippen LogP contribution in [0.2, 0.25) is 0 Å². The molecule has 0 aromatic heterocycles. The molecule has 1 amide bonds. The number of Topliss-reactive ketones (excluding diaryl/α,β-unsaturated/α-hetero) is 2. The van der Waals surface area contributed by atoms with Gasteiger partial charge in [0.2, 0.25) is 5.91 Å². The third kappa shape index (κ3) is 4.24. The zero-order valence-electron chi connectivity index (χ0n) is 18.3. The maximum absolute atomic E-state index is 13.3. The number of hydrogen-bond acceptors (Lipinski definition) is 8. The highest BCUT2D eigenvalue weighted by molar-refractivity contribution is 5.96. The number of aliphatic hydroxyl groups is 1. The van der Waals surface area contributed by atoms with Gasteiger partial charge in [-0.3, -0.25) is 19.2 Å². The smallest absolute Gasteiger partial charge is 0.330 e. The van der Waals surface area contributed by atoms with Crippen LogP contribution in [0.4, 0.5) is 0 Å². The lowest BCUT2D eigenvalue weighted by Gasteiger charge is -2.48. The van der Waals surface area contributed by atoms with Crippen LogP contribution in [-0.2, 0) is 33.4 Å². The Kier molecular flexibility index (Phi) is 6.55. The van der Waals surface area contributed by atoms with Crippen LogP contribution in [0.3, 0.4) is 0 Å². The molecule has 0 radical (unpaired) electrons. The molecular formula is C22H31NO8. The van der Waals surface area contributed by atoms with Crippen LogP contribution in [0, 0.1) is 23.2 Å². The average Bonchev–Trinajstić information content (AvgIpc) is 2.93. The van der Waals surface area contributed by atoms with Crippen molar-refractivity contribution in [2.45, 2.75) is 70.4 Å².